The minimum atomic E-state index is -3.68. The second kappa shape index (κ2) is 7.50. The normalized spacial score (nSPS) is 15.7. The first-order valence-electron chi connectivity index (χ1n) is 8.84. The van der Waals surface area contributed by atoms with Gasteiger partial charge in [0.05, 0.1) is 4.90 Å². The first-order valence-corrected chi connectivity index (χ1v) is 10.3. The molecule has 0 aliphatic carbocycles. The Morgan fingerprint density at radius 2 is 1.58 bits per heavy atom. The number of hydrogen-bond acceptors (Lipinski definition) is 3. The van der Waals surface area contributed by atoms with Crippen molar-refractivity contribution in [2.24, 2.45) is 5.92 Å². The number of carbonyl (C=O) groups is 1. The fourth-order valence-corrected chi connectivity index (χ4v) is 4.07. The zero-order valence-corrected chi connectivity index (χ0v) is 15.9. The quantitative estimate of drug-likeness (QED) is 0.890. The number of nitrogens with one attached hydrogen (secondary N) is 1. The maximum Gasteiger partial charge on any atom is 0.261 e. The van der Waals surface area contributed by atoms with Crippen molar-refractivity contribution < 1.29 is 13.2 Å². The van der Waals surface area contributed by atoms with Crippen LogP contribution in [0.15, 0.2) is 53.4 Å². The van der Waals surface area contributed by atoms with Crippen molar-refractivity contribution in [3.8, 4) is 0 Å². The number of hydrogen-bond donors (Lipinski definition) is 1. The van der Waals surface area contributed by atoms with Crippen LogP contribution in [-0.2, 0) is 10.0 Å². The molecule has 0 radical (unpaired) electrons. The molecule has 0 aromatic heterocycles. The smallest absolute Gasteiger partial charge is 0.261 e. The Labute approximate surface area is 155 Å². The van der Waals surface area contributed by atoms with E-state index < -0.39 is 10.0 Å². The molecule has 3 rings (SSSR count). The van der Waals surface area contributed by atoms with Gasteiger partial charge >= 0.3 is 0 Å². The van der Waals surface area contributed by atoms with Crippen LogP contribution in [0.1, 0.15) is 35.7 Å². The zero-order chi connectivity index (χ0) is 18.7. The Balaban J connectivity index is 1.72. The number of sulfonamides is 1. The molecule has 1 amide bonds. The second-order valence-electron chi connectivity index (χ2n) is 6.97. The SMILES string of the molecule is Cc1ccc(NS(=O)(=O)c2ccc(C(=O)N3CCC(C)CC3)cc2)cc1. The Morgan fingerprint density at radius 3 is 2.15 bits per heavy atom. The van der Waals surface area contributed by atoms with Crippen molar-refractivity contribution >= 4 is 21.6 Å². The molecule has 2 aromatic rings. The van der Waals surface area contributed by atoms with Gasteiger partial charge in [0, 0.05) is 24.3 Å². The second-order valence-corrected chi connectivity index (χ2v) is 8.65. The van der Waals surface area contributed by atoms with Crippen molar-refractivity contribution in [2.75, 3.05) is 17.8 Å². The number of piperidine rings is 1. The average Bonchev–Trinajstić information content (AvgIpc) is 2.64. The standard InChI is InChI=1S/C20H24N2O3S/c1-15-3-7-18(8-4-15)21-26(24,25)19-9-5-17(6-10-19)20(23)22-13-11-16(2)12-14-22/h3-10,16,21H,11-14H2,1-2H3. The lowest BCUT2D eigenvalue weighted by Crippen LogP contribution is -2.37. The highest BCUT2D eigenvalue weighted by molar-refractivity contribution is 7.92. The van der Waals surface area contributed by atoms with Gasteiger partial charge in [-0.3, -0.25) is 9.52 Å². The summed E-state index contributed by atoms with van der Waals surface area (Å²) in [4.78, 5) is 14.5. The maximum absolute atomic E-state index is 12.6. The first-order chi connectivity index (χ1) is 12.3. The van der Waals surface area contributed by atoms with E-state index in [0.29, 0.717) is 17.2 Å². The molecular weight excluding hydrogens is 348 g/mol. The summed E-state index contributed by atoms with van der Waals surface area (Å²) < 4.78 is 27.6. The van der Waals surface area contributed by atoms with Crippen molar-refractivity contribution in [1.82, 2.24) is 4.90 Å². The predicted molar refractivity (Wildman–Crippen MR) is 103 cm³/mol. The van der Waals surface area contributed by atoms with Gasteiger partial charge in [-0.1, -0.05) is 24.6 Å². The van der Waals surface area contributed by atoms with Crippen molar-refractivity contribution in [1.29, 1.82) is 0 Å². The van der Waals surface area contributed by atoms with E-state index in [2.05, 4.69) is 11.6 Å². The molecule has 0 bridgehead atoms. The van der Waals surface area contributed by atoms with Crippen LogP contribution >= 0.6 is 0 Å². The van der Waals surface area contributed by atoms with Gasteiger partial charge in [-0.15, -0.1) is 0 Å². The van der Waals surface area contributed by atoms with Gasteiger partial charge in [-0.05, 0) is 62.1 Å². The topological polar surface area (TPSA) is 66.5 Å². The van der Waals surface area contributed by atoms with Gasteiger partial charge in [-0.2, -0.15) is 0 Å². The molecule has 1 aliphatic rings. The minimum Gasteiger partial charge on any atom is -0.339 e. The molecule has 5 nitrogen and oxygen atoms in total. The lowest BCUT2D eigenvalue weighted by Gasteiger charge is -2.30. The Kier molecular flexibility index (Phi) is 5.32. The third-order valence-corrected chi connectivity index (χ3v) is 6.18. The monoisotopic (exact) mass is 372 g/mol. The molecule has 0 spiro atoms. The van der Waals surface area contributed by atoms with Crippen LogP contribution in [0.2, 0.25) is 0 Å². The summed E-state index contributed by atoms with van der Waals surface area (Å²) in [6, 6.07) is 13.3. The minimum absolute atomic E-state index is 0.0349. The number of carbonyl (C=O) groups excluding carboxylic acids is 1. The van der Waals surface area contributed by atoms with Crippen LogP contribution in [0.4, 0.5) is 5.69 Å². The van der Waals surface area contributed by atoms with E-state index in [-0.39, 0.29) is 10.8 Å². The fourth-order valence-electron chi connectivity index (χ4n) is 3.01. The van der Waals surface area contributed by atoms with Crippen molar-refractivity contribution in [3.63, 3.8) is 0 Å². The lowest BCUT2D eigenvalue weighted by molar-refractivity contribution is 0.0697. The van der Waals surface area contributed by atoms with E-state index in [9.17, 15) is 13.2 Å². The predicted octanol–water partition coefficient (Wildman–Crippen LogP) is 3.67. The number of rotatable bonds is 4. The number of amides is 1. The Morgan fingerprint density at radius 1 is 1.00 bits per heavy atom. The third-order valence-electron chi connectivity index (χ3n) is 4.79. The molecule has 6 heteroatoms. The molecular formula is C20H24N2O3S. The Hall–Kier alpha value is -2.34. The van der Waals surface area contributed by atoms with Gasteiger partial charge in [0.2, 0.25) is 0 Å². The summed E-state index contributed by atoms with van der Waals surface area (Å²) in [5, 5.41) is 0. The third kappa shape index (κ3) is 4.25. The summed E-state index contributed by atoms with van der Waals surface area (Å²) >= 11 is 0. The average molecular weight is 372 g/mol. The van der Waals surface area contributed by atoms with Gasteiger partial charge in [0.25, 0.3) is 15.9 Å². The number of anilines is 1. The van der Waals surface area contributed by atoms with Crippen LogP contribution < -0.4 is 4.72 Å². The largest absolute Gasteiger partial charge is 0.339 e. The summed E-state index contributed by atoms with van der Waals surface area (Å²) in [5.41, 5.74) is 2.09. The highest BCUT2D eigenvalue weighted by Gasteiger charge is 2.22. The summed E-state index contributed by atoms with van der Waals surface area (Å²) in [5.74, 6) is 0.617. The fraction of sp³-hybridized carbons (Fsp3) is 0.350. The lowest BCUT2D eigenvalue weighted by atomic mass is 9.98. The van der Waals surface area contributed by atoms with E-state index in [1.807, 2.05) is 24.0 Å². The molecule has 1 saturated heterocycles. The van der Waals surface area contributed by atoms with E-state index in [4.69, 9.17) is 0 Å². The van der Waals surface area contributed by atoms with E-state index >= 15 is 0 Å². The molecule has 1 heterocycles. The van der Waals surface area contributed by atoms with E-state index in [1.165, 1.54) is 12.1 Å². The Bertz CT molecular complexity index is 866. The molecule has 0 unspecified atom stereocenters. The summed E-state index contributed by atoms with van der Waals surface area (Å²) in [6.45, 7) is 5.66. The summed E-state index contributed by atoms with van der Waals surface area (Å²) in [7, 11) is -3.68. The molecule has 0 atom stereocenters. The highest BCUT2D eigenvalue weighted by atomic mass is 32.2. The molecule has 0 saturated carbocycles. The zero-order valence-electron chi connectivity index (χ0n) is 15.1. The molecule has 1 fully saturated rings. The first kappa shape index (κ1) is 18.5. The van der Waals surface area contributed by atoms with Crippen molar-refractivity contribution in [2.45, 2.75) is 31.6 Å². The van der Waals surface area contributed by atoms with Crippen LogP contribution in [0.3, 0.4) is 0 Å². The molecule has 2 aromatic carbocycles. The van der Waals surface area contributed by atoms with Gasteiger partial charge in [0.1, 0.15) is 0 Å². The van der Waals surface area contributed by atoms with E-state index in [0.717, 1.165) is 31.5 Å². The van der Waals surface area contributed by atoms with Crippen LogP contribution in [0, 0.1) is 12.8 Å². The molecule has 1 N–H and O–H groups in total. The van der Waals surface area contributed by atoms with Gasteiger partial charge in [0.15, 0.2) is 0 Å². The van der Waals surface area contributed by atoms with Crippen molar-refractivity contribution in [3.05, 3.63) is 59.7 Å². The molecule has 1 aliphatic heterocycles. The molecule has 26 heavy (non-hydrogen) atoms. The number of benzene rings is 2. The van der Waals surface area contributed by atoms with Gasteiger partial charge in [-0.25, -0.2) is 8.42 Å². The van der Waals surface area contributed by atoms with Crippen LogP contribution in [0.25, 0.3) is 0 Å². The number of aryl methyl sites for hydroxylation is 1. The van der Waals surface area contributed by atoms with Gasteiger partial charge < -0.3 is 4.90 Å². The summed E-state index contributed by atoms with van der Waals surface area (Å²) in [6.07, 6.45) is 2.03. The maximum atomic E-state index is 12.6. The van der Waals surface area contributed by atoms with Crippen LogP contribution in [0.5, 0.6) is 0 Å². The number of likely N-dealkylation sites (tertiary alicyclic amines) is 1. The van der Waals surface area contributed by atoms with E-state index in [1.54, 1.807) is 24.3 Å². The number of nitrogens with zero attached hydrogens (tertiary/aromatic N) is 1. The molecule has 138 valence electrons. The van der Waals surface area contributed by atoms with Crippen LogP contribution in [-0.4, -0.2) is 32.3 Å². The highest BCUT2D eigenvalue weighted by Crippen LogP contribution is 2.20.